The molecule has 1 aliphatic rings. The molecule has 0 saturated heterocycles. The molecule has 9 nitrogen and oxygen atoms in total. The van der Waals surface area contributed by atoms with Gasteiger partial charge in [0.2, 0.25) is 5.95 Å². The number of carbonyl (C=O) groups is 2. The SMILES string of the molecule is COCCCn1c(NC(=O)c2cccc(N)c2)nc2cc(C(=O)NC3CCCCC3)cnc21. The molecule has 1 aliphatic carbocycles. The molecule has 0 atom stereocenters. The van der Waals surface area contributed by atoms with Crippen LogP contribution in [0.15, 0.2) is 36.5 Å². The van der Waals surface area contributed by atoms with Gasteiger partial charge in [-0.25, -0.2) is 9.97 Å². The number of hydrogen-bond donors (Lipinski definition) is 3. The van der Waals surface area contributed by atoms with Crippen LogP contribution in [0.25, 0.3) is 11.2 Å². The quantitative estimate of drug-likeness (QED) is 0.357. The second kappa shape index (κ2) is 10.4. The van der Waals surface area contributed by atoms with Gasteiger partial charge >= 0.3 is 0 Å². The van der Waals surface area contributed by atoms with Gasteiger partial charge in [0.05, 0.1) is 5.56 Å². The molecule has 2 aromatic heterocycles. The number of methoxy groups -OCH3 is 1. The number of hydrogen-bond acceptors (Lipinski definition) is 6. The third-order valence-corrected chi connectivity index (χ3v) is 5.89. The maximum absolute atomic E-state index is 12.8. The fourth-order valence-electron chi connectivity index (χ4n) is 4.18. The molecule has 2 heterocycles. The number of aromatic nitrogens is 3. The molecule has 0 aliphatic heterocycles. The monoisotopic (exact) mass is 450 g/mol. The van der Waals surface area contributed by atoms with Gasteiger partial charge in [0, 0.05) is 43.8 Å². The molecule has 4 rings (SSSR count). The number of rotatable bonds is 8. The molecule has 0 bridgehead atoms. The summed E-state index contributed by atoms with van der Waals surface area (Å²) in [5.74, 6) is -0.0951. The fraction of sp³-hybridized carbons (Fsp3) is 0.417. The molecule has 3 aromatic rings. The van der Waals surface area contributed by atoms with E-state index in [1.54, 1.807) is 43.6 Å². The lowest BCUT2D eigenvalue weighted by atomic mass is 9.95. The Bertz CT molecular complexity index is 1140. The van der Waals surface area contributed by atoms with Crippen LogP contribution in [0.2, 0.25) is 0 Å². The van der Waals surface area contributed by atoms with E-state index in [1.807, 2.05) is 4.57 Å². The predicted molar refractivity (Wildman–Crippen MR) is 127 cm³/mol. The van der Waals surface area contributed by atoms with Crippen LogP contribution in [0.1, 0.15) is 59.2 Å². The third kappa shape index (κ3) is 5.48. The van der Waals surface area contributed by atoms with Crippen LogP contribution in [0, 0.1) is 0 Å². The summed E-state index contributed by atoms with van der Waals surface area (Å²) in [6.45, 7) is 1.11. The molecular formula is C24H30N6O3. The molecule has 4 N–H and O–H groups in total. The minimum Gasteiger partial charge on any atom is -0.399 e. The largest absolute Gasteiger partial charge is 0.399 e. The number of pyridine rings is 1. The topological polar surface area (TPSA) is 124 Å². The third-order valence-electron chi connectivity index (χ3n) is 5.89. The van der Waals surface area contributed by atoms with Gasteiger partial charge in [-0.1, -0.05) is 25.3 Å². The molecule has 1 aromatic carbocycles. The van der Waals surface area contributed by atoms with Crippen molar-refractivity contribution in [3.63, 3.8) is 0 Å². The van der Waals surface area contributed by atoms with E-state index in [9.17, 15) is 9.59 Å². The highest BCUT2D eigenvalue weighted by atomic mass is 16.5. The molecule has 1 saturated carbocycles. The first-order chi connectivity index (χ1) is 16.0. The Labute approximate surface area is 192 Å². The van der Waals surface area contributed by atoms with Gasteiger partial charge in [0.15, 0.2) is 5.65 Å². The second-order valence-electron chi connectivity index (χ2n) is 8.39. The Hall–Kier alpha value is -3.46. The fourth-order valence-corrected chi connectivity index (χ4v) is 4.18. The highest BCUT2D eigenvalue weighted by molar-refractivity contribution is 6.04. The van der Waals surface area contributed by atoms with Gasteiger partial charge in [-0.2, -0.15) is 0 Å². The van der Waals surface area contributed by atoms with E-state index < -0.39 is 0 Å². The van der Waals surface area contributed by atoms with Crippen molar-refractivity contribution in [1.82, 2.24) is 19.9 Å². The van der Waals surface area contributed by atoms with Gasteiger partial charge in [-0.3, -0.25) is 19.5 Å². The van der Waals surface area contributed by atoms with Crippen molar-refractivity contribution in [2.24, 2.45) is 0 Å². The first kappa shape index (κ1) is 22.7. The minimum atomic E-state index is -0.319. The highest BCUT2D eigenvalue weighted by Crippen LogP contribution is 2.22. The molecule has 2 amide bonds. The van der Waals surface area contributed by atoms with Crippen molar-refractivity contribution < 1.29 is 14.3 Å². The number of ether oxygens (including phenoxy) is 1. The van der Waals surface area contributed by atoms with E-state index in [0.717, 1.165) is 25.7 Å². The Balaban J connectivity index is 1.59. The Morgan fingerprint density at radius 1 is 1.15 bits per heavy atom. The number of anilines is 2. The smallest absolute Gasteiger partial charge is 0.258 e. The summed E-state index contributed by atoms with van der Waals surface area (Å²) in [5.41, 5.74) is 8.36. The minimum absolute atomic E-state index is 0.143. The number of carbonyl (C=O) groups excluding carboxylic acids is 2. The number of benzene rings is 1. The summed E-state index contributed by atoms with van der Waals surface area (Å²) < 4.78 is 7.00. The second-order valence-corrected chi connectivity index (χ2v) is 8.39. The van der Waals surface area contributed by atoms with Crippen LogP contribution in [-0.4, -0.2) is 46.1 Å². The lowest BCUT2D eigenvalue weighted by molar-refractivity contribution is 0.0926. The van der Waals surface area contributed by atoms with Crippen molar-refractivity contribution >= 4 is 34.6 Å². The summed E-state index contributed by atoms with van der Waals surface area (Å²) in [4.78, 5) is 34.7. The maximum atomic E-state index is 12.8. The average Bonchev–Trinajstić information content (AvgIpc) is 3.16. The standard InChI is InChI=1S/C24H30N6O3/c1-33-12-6-11-30-21-20(28-24(30)29-22(31)16-7-5-8-18(25)13-16)14-17(15-26-21)23(32)27-19-9-3-2-4-10-19/h5,7-8,13-15,19H,2-4,6,9-12,25H2,1H3,(H,27,32)(H,28,29,31). The zero-order valence-electron chi connectivity index (χ0n) is 18.8. The highest BCUT2D eigenvalue weighted by Gasteiger charge is 2.20. The summed E-state index contributed by atoms with van der Waals surface area (Å²) in [7, 11) is 1.64. The van der Waals surface area contributed by atoms with Crippen molar-refractivity contribution in [2.45, 2.75) is 51.1 Å². The van der Waals surface area contributed by atoms with E-state index >= 15 is 0 Å². The number of nitrogens with two attached hydrogens (primary N) is 1. The van der Waals surface area contributed by atoms with E-state index in [0.29, 0.717) is 53.5 Å². The summed E-state index contributed by atoms with van der Waals surface area (Å²) in [5, 5.41) is 5.97. The molecule has 0 radical (unpaired) electrons. The van der Waals surface area contributed by atoms with Crippen LogP contribution in [0.5, 0.6) is 0 Å². The van der Waals surface area contributed by atoms with Gasteiger partial charge in [-0.05, 0) is 43.5 Å². The molecule has 1 fully saturated rings. The Kier molecular flexibility index (Phi) is 7.19. The average molecular weight is 451 g/mol. The number of imidazole rings is 1. The zero-order valence-corrected chi connectivity index (χ0v) is 18.8. The van der Waals surface area contributed by atoms with Crippen LogP contribution in [-0.2, 0) is 11.3 Å². The summed E-state index contributed by atoms with van der Waals surface area (Å²) >= 11 is 0. The van der Waals surface area contributed by atoms with Gasteiger partial charge in [-0.15, -0.1) is 0 Å². The Morgan fingerprint density at radius 3 is 2.73 bits per heavy atom. The number of nitrogens with zero attached hydrogens (tertiary/aromatic N) is 3. The summed E-state index contributed by atoms with van der Waals surface area (Å²) in [6, 6.07) is 8.69. The van der Waals surface area contributed by atoms with E-state index in [-0.39, 0.29) is 17.9 Å². The van der Waals surface area contributed by atoms with E-state index in [4.69, 9.17) is 10.5 Å². The van der Waals surface area contributed by atoms with E-state index in [1.165, 1.54) is 6.42 Å². The van der Waals surface area contributed by atoms with Crippen molar-refractivity contribution in [3.05, 3.63) is 47.7 Å². The zero-order chi connectivity index (χ0) is 23.2. The lowest BCUT2D eigenvalue weighted by Crippen LogP contribution is -2.36. The van der Waals surface area contributed by atoms with Crippen LogP contribution >= 0.6 is 0 Å². The van der Waals surface area contributed by atoms with Crippen molar-refractivity contribution in [3.8, 4) is 0 Å². The van der Waals surface area contributed by atoms with Gasteiger partial charge < -0.3 is 15.8 Å². The molecule has 0 spiro atoms. The van der Waals surface area contributed by atoms with Crippen LogP contribution < -0.4 is 16.4 Å². The molecule has 33 heavy (non-hydrogen) atoms. The first-order valence-electron chi connectivity index (χ1n) is 11.4. The number of amides is 2. The van der Waals surface area contributed by atoms with E-state index in [2.05, 4.69) is 20.6 Å². The lowest BCUT2D eigenvalue weighted by Gasteiger charge is -2.22. The molecule has 9 heteroatoms. The normalized spacial score (nSPS) is 14.3. The summed E-state index contributed by atoms with van der Waals surface area (Å²) in [6.07, 6.45) is 7.82. The molecular weight excluding hydrogens is 420 g/mol. The van der Waals surface area contributed by atoms with Crippen LogP contribution in [0.4, 0.5) is 11.6 Å². The Morgan fingerprint density at radius 2 is 1.97 bits per heavy atom. The first-order valence-corrected chi connectivity index (χ1v) is 11.4. The maximum Gasteiger partial charge on any atom is 0.258 e. The number of aryl methyl sites for hydroxylation is 1. The predicted octanol–water partition coefficient (Wildman–Crippen LogP) is 3.36. The molecule has 174 valence electrons. The van der Waals surface area contributed by atoms with Gasteiger partial charge in [0.25, 0.3) is 11.8 Å². The van der Waals surface area contributed by atoms with Crippen molar-refractivity contribution in [2.75, 3.05) is 24.8 Å². The van der Waals surface area contributed by atoms with Crippen LogP contribution in [0.3, 0.4) is 0 Å². The van der Waals surface area contributed by atoms with Crippen molar-refractivity contribution in [1.29, 1.82) is 0 Å². The number of nitrogen functional groups attached to an aromatic ring is 1. The number of nitrogens with one attached hydrogen (secondary N) is 2. The number of fused-ring (bicyclic) bond motifs is 1. The van der Waals surface area contributed by atoms with Gasteiger partial charge in [0.1, 0.15) is 5.52 Å². The molecule has 0 unspecified atom stereocenters.